The second-order valence-corrected chi connectivity index (χ2v) is 5.90. The summed E-state index contributed by atoms with van der Waals surface area (Å²) >= 11 is 0. The largest absolute Gasteiger partial charge is 0.493 e. The van der Waals surface area contributed by atoms with Gasteiger partial charge in [0.25, 0.3) is 11.8 Å². The average molecular weight is 370 g/mol. The van der Waals surface area contributed by atoms with Crippen molar-refractivity contribution in [3.63, 3.8) is 0 Å². The molecule has 0 heterocycles. The summed E-state index contributed by atoms with van der Waals surface area (Å²) in [6.45, 7) is 3.53. The fraction of sp³-hybridized carbons (Fsp3) is 0.250. The van der Waals surface area contributed by atoms with Gasteiger partial charge in [0.2, 0.25) is 0 Å². The fourth-order valence-corrected chi connectivity index (χ4v) is 2.15. The molecule has 0 saturated carbocycles. The van der Waals surface area contributed by atoms with Gasteiger partial charge in [-0.25, -0.2) is 0 Å². The number of hydrogen-bond acceptors (Lipinski definition) is 5. The third-order valence-corrected chi connectivity index (χ3v) is 3.62. The molecule has 0 aromatic heterocycles. The molecular weight excluding hydrogens is 348 g/mol. The molecule has 2 rings (SSSR count). The first-order valence-electron chi connectivity index (χ1n) is 8.45. The monoisotopic (exact) mass is 370 g/mol. The molecule has 27 heavy (non-hydrogen) atoms. The number of esters is 1. The molecule has 0 unspecified atom stereocenters. The molecule has 0 aliphatic carbocycles. The Balaban J connectivity index is 1.64. The number of benzene rings is 2. The Hall–Kier alpha value is -3.35. The van der Waals surface area contributed by atoms with Gasteiger partial charge in [0, 0.05) is 5.56 Å². The highest BCUT2D eigenvalue weighted by Gasteiger charge is 2.10. The lowest BCUT2D eigenvalue weighted by molar-refractivity contribution is -0.149. The zero-order valence-corrected chi connectivity index (χ0v) is 15.3. The number of nitrogens with one attached hydrogen (secondary N) is 2. The molecule has 0 atom stereocenters. The topological polar surface area (TPSA) is 93.7 Å². The van der Waals surface area contributed by atoms with E-state index in [4.69, 9.17) is 9.47 Å². The quantitative estimate of drug-likeness (QED) is 0.575. The third-order valence-electron chi connectivity index (χ3n) is 3.62. The summed E-state index contributed by atoms with van der Waals surface area (Å²) in [6.07, 6.45) is 0.0109. The predicted molar refractivity (Wildman–Crippen MR) is 99.0 cm³/mol. The van der Waals surface area contributed by atoms with Gasteiger partial charge in [-0.3, -0.25) is 25.2 Å². The van der Waals surface area contributed by atoms with Crippen LogP contribution in [0.3, 0.4) is 0 Å². The van der Waals surface area contributed by atoms with Crippen LogP contribution in [0.15, 0.2) is 48.5 Å². The first kappa shape index (κ1) is 20.0. The minimum absolute atomic E-state index is 0.0109. The summed E-state index contributed by atoms with van der Waals surface area (Å²) in [5.41, 5.74) is 6.87. The second kappa shape index (κ2) is 9.96. The zero-order chi connectivity index (χ0) is 19.6. The fourth-order valence-electron chi connectivity index (χ4n) is 2.15. The van der Waals surface area contributed by atoms with Crippen molar-refractivity contribution in [3.8, 4) is 5.75 Å². The lowest BCUT2D eigenvalue weighted by Crippen LogP contribution is -2.43. The number of rotatable bonds is 7. The molecule has 0 bridgehead atoms. The Morgan fingerprint density at radius 2 is 1.70 bits per heavy atom. The molecule has 2 aromatic rings. The highest BCUT2D eigenvalue weighted by Crippen LogP contribution is 2.19. The van der Waals surface area contributed by atoms with Gasteiger partial charge in [-0.05, 0) is 43.2 Å². The van der Waals surface area contributed by atoms with E-state index in [0.717, 1.165) is 11.1 Å². The predicted octanol–water partition coefficient (Wildman–Crippen LogP) is 2.08. The number of carbonyl (C=O) groups excluding carboxylic acids is 3. The highest BCUT2D eigenvalue weighted by atomic mass is 16.5. The van der Waals surface area contributed by atoms with Crippen LogP contribution in [-0.4, -0.2) is 31.0 Å². The maximum absolute atomic E-state index is 11.8. The van der Waals surface area contributed by atoms with Crippen molar-refractivity contribution < 1.29 is 23.9 Å². The van der Waals surface area contributed by atoms with Gasteiger partial charge in [-0.2, -0.15) is 0 Å². The molecule has 7 nitrogen and oxygen atoms in total. The molecular formula is C20H22N2O5. The number of hydrazine groups is 1. The number of aryl methyl sites for hydroxylation is 2. The highest BCUT2D eigenvalue weighted by molar-refractivity contribution is 5.95. The van der Waals surface area contributed by atoms with Crippen molar-refractivity contribution in [1.82, 2.24) is 10.9 Å². The van der Waals surface area contributed by atoms with Gasteiger partial charge < -0.3 is 9.47 Å². The summed E-state index contributed by atoms with van der Waals surface area (Å²) in [6, 6.07) is 14.2. The van der Waals surface area contributed by atoms with Crippen LogP contribution < -0.4 is 15.6 Å². The van der Waals surface area contributed by atoms with Crippen molar-refractivity contribution in [2.24, 2.45) is 0 Å². The van der Waals surface area contributed by atoms with E-state index in [9.17, 15) is 14.4 Å². The van der Waals surface area contributed by atoms with Crippen LogP contribution in [0.2, 0.25) is 0 Å². The molecule has 0 fully saturated rings. The van der Waals surface area contributed by atoms with Gasteiger partial charge in [-0.1, -0.05) is 30.3 Å². The van der Waals surface area contributed by atoms with E-state index >= 15 is 0 Å². The molecule has 2 N–H and O–H groups in total. The number of hydrogen-bond donors (Lipinski definition) is 2. The maximum Gasteiger partial charge on any atom is 0.309 e. The SMILES string of the molecule is Cc1ccc(C)c(OCCC(=O)OCC(=O)NNC(=O)c2ccccc2)c1. The molecule has 2 aromatic carbocycles. The van der Waals surface area contributed by atoms with Crippen LogP contribution in [0, 0.1) is 13.8 Å². The Labute approximate surface area is 157 Å². The van der Waals surface area contributed by atoms with E-state index < -0.39 is 24.4 Å². The molecule has 142 valence electrons. The maximum atomic E-state index is 11.8. The lowest BCUT2D eigenvalue weighted by atomic mass is 10.1. The number of amides is 2. The number of carbonyl (C=O) groups is 3. The zero-order valence-electron chi connectivity index (χ0n) is 15.3. The molecule has 0 aliphatic heterocycles. The van der Waals surface area contributed by atoms with E-state index in [2.05, 4.69) is 10.9 Å². The number of ether oxygens (including phenoxy) is 2. The molecule has 7 heteroatoms. The summed E-state index contributed by atoms with van der Waals surface area (Å²) in [4.78, 5) is 35.1. The van der Waals surface area contributed by atoms with Crippen LogP contribution in [0.1, 0.15) is 27.9 Å². The summed E-state index contributed by atoms with van der Waals surface area (Å²) in [5, 5.41) is 0. The average Bonchev–Trinajstić information content (AvgIpc) is 2.67. The first-order chi connectivity index (χ1) is 13.0. The molecule has 0 saturated heterocycles. The van der Waals surface area contributed by atoms with Gasteiger partial charge in [-0.15, -0.1) is 0 Å². The Morgan fingerprint density at radius 3 is 2.44 bits per heavy atom. The van der Waals surface area contributed by atoms with Crippen LogP contribution in [-0.2, 0) is 14.3 Å². The Bertz CT molecular complexity index is 805. The first-order valence-corrected chi connectivity index (χ1v) is 8.45. The molecule has 0 spiro atoms. The minimum atomic E-state index is -0.636. The van der Waals surface area contributed by atoms with Gasteiger partial charge in [0.05, 0.1) is 13.0 Å². The minimum Gasteiger partial charge on any atom is -0.493 e. The summed E-state index contributed by atoms with van der Waals surface area (Å²) in [7, 11) is 0. The molecule has 0 radical (unpaired) electrons. The van der Waals surface area contributed by atoms with Gasteiger partial charge >= 0.3 is 5.97 Å². The van der Waals surface area contributed by atoms with Crippen molar-refractivity contribution in [3.05, 3.63) is 65.2 Å². The second-order valence-electron chi connectivity index (χ2n) is 5.90. The van der Waals surface area contributed by atoms with E-state index in [-0.39, 0.29) is 13.0 Å². The third kappa shape index (κ3) is 6.81. The molecule has 2 amide bonds. The standard InChI is InChI=1S/C20H22N2O5/c1-14-8-9-15(2)17(12-14)26-11-10-19(24)27-13-18(23)21-22-20(25)16-6-4-3-5-7-16/h3-9,12H,10-11,13H2,1-2H3,(H,21,23)(H,22,25). The summed E-state index contributed by atoms with van der Waals surface area (Å²) in [5.74, 6) is -0.950. The van der Waals surface area contributed by atoms with Crippen LogP contribution in [0.5, 0.6) is 5.75 Å². The van der Waals surface area contributed by atoms with E-state index in [0.29, 0.717) is 11.3 Å². The Kier molecular flexibility index (Phi) is 7.37. The van der Waals surface area contributed by atoms with E-state index in [1.54, 1.807) is 30.3 Å². The van der Waals surface area contributed by atoms with Gasteiger partial charge in [0.15, 0.2) is 6.61 Å². The summed E-state index contributed by atoms with van der Waals surface area (Å²) < 4.78 is 10.4. The van der Waals surface area contributed by atoms with E-state index in [1.807, 2.05) is 32.0 Å². The Morgan fingerprint density at radius 1 is 0.963 bits per heavy atom. The lowest BCUT2D eigenvalue weighted by Gasteiger charge is -2.10. The van der Waals surface area contributed by atoms with E-state index in [1.165, 1.54) is 0 Å². The van der Waals surface area contributed by atoms with Crippen LogP contribution >= 0.6 is 0 Å². The normalized spacial score (nSPS) is 10.0. The molecule has 0 aliphatic rings. The smallest absolute Gasteiger partial charge is 0.309 e. The van der Waals surface area contributed by atoms with Crippen LogP contribution in [0.4, 0.5) is 0 Å². The van der Waals surface area contributed by atoms with Crippen molar-refractivity contribution >= 4 is 17.8 Å². The van der Waals surface area contributed by atoms with Crippen molar-refractivity contribution in [1.29, 1.82) is 0 Å². The van der Waals surface area contributed by atoms with Crippen molar-refractivity contribution in [2.75, 3.05) is 13.2 Å². The van der Waals surface area contributed by atoms with Crippen molar-refractivity contribution in [2.45, 2.75) is 20.3 Å². The van der Waals surface area contributed by atoms with Gasteiger partial charge in [0.1, 0.15) is 5.75 Å². The van der Waals surface area contributed by atoms with Crippen LogP contribution in [0.25, 0.3) is 0 Å².